The Bertz CT molecular complexity index is 1540. The average Bonchev–Trinajstić information content (AvgIpc) is 3.70. The molecule has 0 radical (unpaired) electrons. The Morgan fingerprint density at radius 2 is 1.07 bits per heavy atom. The van der Waals surface area contributed by atoms with E-state index < -0.39 is 15.8 Å². The summed E-state index contributed by atoms with van der Waals surface area (Å²) < 4.78 is 0. The fraction of sp³-hybridized carbons (Fsp3) is 0.150. The van der Waals surface area contributed by atoms with E-state index in [2.05, 4.69) is 174 Å². The molecule has 0 amide bonds. The molecular formula is C40H35FeP2-5. The summed E-state index contributed by atoms with van der Waals surface area (Å²) in [6, 6.07) is 56.5. The summed E-state index contributed by atoms with van der Waals surface area (Å²) >= 11 is 0. The van der Waals surface area contributed by atoms with Crippen LogP contribution < -0.4 is 26.5 Å². The van der Waals surface area contributed by atoms with Crippen LogP contribution in [0.2, 0.25) is 0 Å². The first-order valence-corrected chi connectivity index (χ1v) is 17.0. The van der Waals surface area contributed by atoms with Crippen LogP contribution in [0, 0.1) is 58.0 Å². The average molecular weight is 634 g/mol. The van der Waals surface area contributed by atoms with Gasteiger partial charge in [-0.25, -0.2) is 0 Å². The molecule has 0 unspecified atom stereocenters. The Morgan fingerprint density at radius 1 is 0.628 bits per heavy atom. The summed E-state index contributed by atoms with van der Waals surface area (Å²) in [6.45, 7) is 11.3. The summed E-state index contributed by atoms with van der Waals surface area (Å²) in [5.41, 5.74) is 7.04. The van der Waals surface area contributed by atoms with Crippen molar-refractivity contribution in [3.05, 3.63) is 173 Å². The minimum atomic E-state index is -0.671. The van der Waals surface area contributed by atoms with Crippen molar-refractivity contribution in [1.29, 1.82) is 0 Å². The first kappa shape index (κ1) is 32.9. The molecule has 0 aliphatic rings. The van der Waals surface area contributed by atoms with Crippen molar-refractivity contribution in [2.45, 2.75) is 40.3 Å². The third-order valence-corrected chi connectivity index (χ3v) is 12.3. The zero-order valence-corrected chi connectivity index (χ0v) is 28.2. The first-order valence-electron chi connectivity index (χ1n) is 14.3. The summed E-state index contributed by atoms with van der Waals surface area (Å²) in [6.07, 6.45) is 0. The first-order chi connectivity index (χ1) is 20.4. The number of aryl methyl sites for hydroxylation is 4. The van der Waals surface area contributed by atoms with Gasteiger partial charge in [0, 0.05) is 0 Å². The van der Waals surface area contributed by atoms with Crippen molar-refractivity contribution >= 4 is 42.4 Å². The van der Waals surface area contributed by atoms with E-state index >= 15 is 0 Å². The topological polar surface area (TPSA) is 0 Å². The van der Waals surface area contributed by atoms with Crippen LogP contribution >= 0.6 is 15.8 Å². The van der Waals surface area contributed by atoms with E-state index in [1.807, 2.05) is 0 Å². The number of benzene rings is 4. The zero-order chi connectivity index (χ0) is 29.5. The molecule has 0 nitrogen and oxygen atoms in total. The second-order valence-corrected chi connectivity index (χ2v) is 15.4. The normalized spacial score (nSPS) is 11.5. The summed E-state index contributed by atoms with van der Waals surface area (Å²) in [5.74, 6) is 0. The van der Waals surface area contributed by atoms with Crippen molar-refractivity contribution in [3.8, 4) is 0 Å². The van der Waals surface area contributed by atoms with Gasteiger partial charge in [0.1, 0.15) is 0 Å². The van der Waals surface area contributed by atoms with E-state index in [1.54, 1.807) is 6.07 Å². The molecule has 0 spiro atoms. The van der Waals surface area contributed by atoms with Crippen molar-refractivity contribution < 1.29 is 17.1 Å². The molecule has 0 aromatic heterocycles. The van der Waals surface area contributed by atoms with Gasteiger partial charge in [0.05, 0.1) is 0 Å². The van der Waals surface area contributed by atoms with Crippen molar-refractivity contribution in [2.75, 3.05) is 0 Å². The molecule has 218 valence electrons. The molecule has 43 heavy (non-hydrogen) atoms. The maximum atomic E-state index is 3.74. The van der Waals surface area contributed by atoms with E-state index in [4.69, 9.17) is 0 Å². The van der Waals surface area contributed by atoms with Crippen LogP contribution in [0.5, 0.6) is 0 Å². The van der Waals surface area contributed by atoms with Crippen molar-refractivity contribution in [2.24, 2.45) is 0 Å². The molecule has 0 bridgehead atoms. The van der Waals surface area contributed by atoms with Crippen LogP contribution in [0.1, 0.15) is 40.4 Å². The Balaban J connectivity index is 0.000000641. The number of hydrogen-bond acceptors (Lipinski definition) is 0. The molecule has 0 saturated carbocycles. The maximum Gasteiger partial charge on any atom is 2.00 e. The van der Waals surface area contributed by atoms with Crippen molar-refractivity contribution in [1.82, 2.24) is 0 Å². The Morgan fingerprint density at radius 3 is 1.47 bits per heavy atom. The Kier molecular flexibility index (Phi) is 11.9. The van der Waals surface area contributed by atoms with Gasteiger partial charge in [-0.05, 0) is 62.5 Å². The third kappa shape index (κ3) is 8.32. The van der Waals surface area contributed by atoms with E-state index in [0.29, 0.717) is 5.66 Å². The molecule has 0 aliphatic carbocycles. The monoisotopic (exact) mass is 633 g/mol. The predicted molar refractivity (Wildman–Crippen MR) is 183 cm³/mol. The quantitative estimate of drug-likeness (QED) is 0.0950. The van der Waals surface area contributed by atoms with Gasteiger partial charge in [0.15, 0.2) is 0 Å². The molecule has 0 fully saturated rings. The van der Waals surface area contributed by atoms with Gasteiger partial charge in [-0.15, -0.1) is 7.92 Å². The van der Waals surface area contributed by atoms with E-state index in [9.17, 15) is 0 Å². The molecular weight excluding hydrogens is 598 g/mol. The van der Waals surface area contributed by atoms with Crippen LogP contribution in [0.4, 0.5) is 0 Å². The Hall–Kier alpha value is -3.04. The fourth-order valence-electron chi connectivity index (χ4n) is 5.57. The smallest absolute Gasteiger partial charge is 0.999 e. The number of hydrogen-bond donors (Lipinski definition) is 0. The second-order valence-electron chi connectivity index (χ2n) is 10.7. The largest absolute Gasteiger partial charge is 2.00 e. The minimum Gasteiger partial charge on any atom is -0.999 e. The molecule has 0 N–H and O–H groups in total. The molecule has 0 aliphatic heterocycles. The molecule has 3 heteroatoms. The van der Waals surface area contributed by atoms with Gasteiger partial charge in [-0.1, -0.05) is 126 Å². The van der Waals surface area contributed by atoms with Crippen molar-refractivity contribution in [3.63, 3.8) is 0 Å². The van der Waals surface area contributed by atoms with Crippen LogP contribution in [-0.4, -0.2) is 0 Å². The van der Waals surface area contributed by atoms with E-state index in [0.717, 1.165) is 0 Å². The molecule has 6 aromatic rings. The summed E-state index contributed by atoms with van der Waals surface area (Å²) in [7, 11) is -1.30. The Labute approximate surface area is 271 Å². The molecule has 0 saturated heterocycles. The van der Waals surface area contributed by atoms with E-state index in [1.165, 1.54) is 54.3 Å². The van der Waals surface area contributed by atoms with Gasteiger partial charge in [-0.3, -0.25) is 5.56 Å². The van der Waals surface area contributed by atoms with Crippen LogP contribution in [0.3, 0.4) is 0 Å². The second kappa shape index (κ2) is 15.6. The zero-order valence-electron chi connectivity index (χ0n) is 25.3. The van der Waals surface area contributed by atoms with Gasteiger partial charge in [-0.2, -0.15) is 0 Å². The van der Waals surface area contributed by atoms with Gasteiger partial charge in [0.2, 0.25) is 0 Å². The predicted octanol–water partition coefficient (Wildman–Crippen LogP) is 8.00. The molecule has 1 atom stereocenters. The standard InChI is InChI=1S/C35H34P2.C5H.Fe/c1-25-19-26(2)22-32(21-25)36(33-23-27(3)20-28(4)24-33)29(5)34-17-12-18-35(34)37(30-13-8-6-9-14-30)31-15-10-7-11-16-31;1-2-4-5-3-1;/h6-16,18-24,29H,1-5H3;1H;/q-2;-5;+2/t29-;;/m1../s1. The summed E-state index contributed by atoms with van der Waals surface area (Å²) in [4.78, 5) is 0. The fourth-order valence-corrected chi connectivity index (χ4v) is 11.2. The maximum absolute atomic E-state index is 3.74. The van der Waals surface area contributed by atoms with Crippen LogP contribution in [-0.2, 0) is 17.1 Å². The van der Waals surface area contributed by atoms with Gasteiger partial charge in [0.25, 0.3) is 0 Å². The third-order valence-electron chi connectivity index (χ3n) is 7.15. The summed E-state index contributed by atoms with van der Waals surface area (Å²) in [5, 5.41) is 7.11. The molecule has 6 aromatic carbocycles. The van der Waals surface area contributed by atoms with Gasteiger partial charge < -0.3 is 53.8 Å². The number of rotatable bonds is 7. The molecule has 0 heterocycles. The van der Waals surface area contributed by atoms with Gasteiger partial charge >= 0.3 is 17.1 Å². The van der Waals surface area contributed by atoms with Crippen LogP contribution in [0.25, 0.3) is 0 Å². The van der Waals surface area contributed by atoms with E-state index in [-0.39, 0.29) is 17.1 Å². The molecule has 6 rings (SSSR count). The minimum absolute atomic E-state index is 0. The SMILES string of the molecule is Cc1cc(C)cc(P(c2cc(C)cc(C)c2)[C@H](C)c2[c-]cc[c-]2P(c2ccccc2)c2ccccc2)c1.[Fe+2].[c-]1[c-][c-][cH-][c-]1. The van der Waals surface area contributed by atoms with Crippen LogP contribution in [0.15, 0.2) is 115 Å².